The Labute approximate surface area is 131 Å². The minimum Gasteiger partial charge on any atom is -0.264 e. The summed E-state index contributed by atoms with van der Waals surface area (Å²) in [5, 5.41) is 4.43. The van der Waals surface area contributed by atoms with Gasteiger partial charge in [0, 0.05) is 41.8 Å². The van der Waals surface area contributed by atoms with E-state index in [1.54, 1.807) is 35.4 Å². The Morgan fingerprint density at radius 3 is 2.70 bits per heavy atom. The second-order valence-corrected chi connectivity index (χ2v) is 5.12. The molecule has 0 spiro atoms. The highest BCUT2D eigenvalue weighted by molar-refractivity contribution is 5.62. The van der Waals surface area contributed by atoms with Crippen LogP contribution >= 0.6 is 0 Å². The average Bonchev–Trinajstić information content (AvgIpc) is 3.01. The molecule has 5 nitrogen and oxygen atoms in total. The summed E-state index contributed by atoms with van der Waals surface area (Å²) in [5.74, 6) is -0.342. The number of nitrogens with zero attached hydrogens (tertiary/aromatic N) is 5. The number of pyridine rings is 2. The third kappa shape index (κ3) is 2.55. The number of aromatic nitrogens is 5. The molecule has 23 heavy (non-hydrogen) atoms. The highest BCUT2D eigenvalue weighted by Crippen LogP contribution is 2.21. The van der Waals surface area contributed by atoms with Crippen molar-refractivity contribution in [2.24, 2.45) is 0 Å². The first-order valence-corrected chi connectivity index (χ1v) is 7.14. The van der Waals surface area contributed by atoms with Crippen molar-refractivity contribution in [2.45, 2.75) is 6.42 Å². The van der Waals surface area contributed by atoms with Gasteiger partial charge in [-0.3, -0.25) is 9.97 Å². The smallest absolute Gasteiger partial charge is 0.159 e. The van der Waals surface area contributed by atoms with Crippen molar-refractivity contribution in [3.8, 4) is 11.3 Å². The lowest BCUT2D eigenvalue weighted by atomic mass is 10.1. The monoisotopic (exact) mass is 305 g/mol. The summed E-state index contributed by atoms with van der Waals surface area (Å²) in [4.78, 5) is 12.7. The van der Waals surface area contributed by atoms with Gasteiger partial charge in [-0.25, -0.2) is 13.9 Å². The molecule has 4 heterocycles. The van der Waals surface area contributed by atoms with Gasteiger partial charge in [0.05, 0.1) is 18.1 Å². The van der Waals surface area contributed by atoms with E-state index in [4.69, 9.17) is 0 Å². The summed E-state index contributed by atoms with van der Waals surface area (Å²) in [5.41, 5.74) is 4.36. The third-order valence-electron chi connectivity index (χ3n) is 3.59. The first-order chi connectivity index (χ1) is 11.3. The molecule has 0 bridgehead atoms. The van der Waals surface area contributed by atoms with Crippen LogP contribution in [-0.2, 0) is 6.42 Å². The third-order valence-corrected chi connectivity index (χ3v) is 3.59. The Hall–Kier alpha value is -3.15. The molecule has 6 heteroatoms. The quantitative estimate of drug-likeness (QED) is 0.584. The number of hydrogen-bond acceptors (Lipinski definition) is 4. The predicted octanol–water partition coefficient (Wildman–Crippen LogP) is 2.92. The molecule has 0 aliphatic rings. The van der Waals surface area contributed by atoms with Crippen molar-refractivity contribution in [3.05, 3.63) is 78.4 Å². The molecule has 4 aromatic rings. The van der Waals surface area contributed by atoms with Crippen molar-refractivity contribution >= 4 is 5.65 Å². The molecule has 0 radical (unpaired) electrons. The molecule has 4 rings (SSSR count). The standard InChI is InChI=1S/C17H12FN5/c18-14-3-4-15(21-11-14)8-13-10-22-23-16(5-7-20-17(13)23)12-2-1-6-19-9-12/h1-7,9-11H,8H2. The zero-order valence-corrected chi connectivity index (χ0v) is 12.1. The summed E-state index contributed by atoms with van der Waals surface area (Å²) in [6.45, 7) is 0. The van der Waals surface area contributed by atoms with Crippen molar-refractivity contribution in [3.63, 3.8) is 0 Å². The van der Waals surface area contributed by atoms with Crippen LogP contribution in [0.1, 0.15) is 11.3 Å². The van der Waals surface area contributed by atoms with Crippen molar-refractivity contribution < 1.29 is 4.39 Å². The van der Waals surface area contributed by atoms with Gasteiger partial charge in [-0.05, 0) is 30.3 Å². The lowest BCUT2D eigenvalue weighted by Crippen LogP contribution is -1.97. The summed E-state index contributed by atoms with van der Waals surface area (Å²) in [6, 6.07) is 8.84. The van der Waals surface area contributed by atoms with Crippen molar-refractivity contribution in [1.29, 1.82) is 0 Å². The molecule has 0 atom stereocenters. The molecule has 0 aromatic carbocycles. The summed E-state index contributed by atoms with van der Waals surface area (Å²) in [6.07, 6.45) is 8.81. The topological polar surface area (TPSA) is 56.0 Å². The first kappa shape index (κ1) is 13.5. The van der Waals surface area contributed by atoms with E-state index in [1.807, 2.05) is 18.2 Å². The SMILES string of the molecule is Fc1ccc(Cc2cnn3c(-c4cccnc4)ccnc23)nc1. The van der Waals surface area contributed by atoms with Crippen LogP contribution in [0.25, 0.3) is 16.9 Å². The molecule has 0 saturated heterocycles. The second-order valence-electron chi connectivity index (χ2n) is 5.12. The zero-order valence-electron chi connectivity index (χ0n) is 12.1. The highest BCUT2D eigenvalue weighted by Gasteiger charge is 2.11. The fourth-order valence-electron chi connectivity index (χ4n) is 2.50. The summed E-state index contributed by atoms with van der Waals surface area (Å²) in [7, 11) is 0. The molecule has 0 aliphatic carbocycles. The van der Waals surface area contributed by atoms with Crippen LogP contribution in [0.15, 0.2) is 61.3 Å². The van der Waals surface area contributed by atoms with E-state index in [0.717, 1.165) is 28.2 Å². The van der Waals surface area contributed by atoms with E-state index >= 15 is 0 Å². The minimum absolute atomic E-state index is 0.342. The van der Waals surface area contributed by atoms with Gasteiger partial charge in [0.1, 0.15) is 5.82 Å². The average molecular weight is 305 g/mol. The maximum atomic E-state index is 13.0. The van der Waals surface area contributed by atoms with E-state index in [9.17, 15) is 4.39 Å². The number of fused-ring (bicyclic) bond motifs is 1. The lowest BCUT2D eigenvalue weighted by molar-refractivity contribution is 0.619. The van der Waals surface area contributed by atoms with Gasteiger partial charge < -0.3 is 0 Å². The molecule has 0 amide bonds. The first-order valence-electron chi connectivity index (χ1n) is 7.14. The molecule has 4 aromatic heterocycles. The van der Waals surface area contributed by atoms with E-state index in [0.29, 0.717) is 6.42 Å². The van der Waals surface area contributed by atoms with Gasteiger partial charge in [0.15, 0.2) is 5.65 Å². The van der Waals surface area contributed by atoms with Gasteiger partial charge in [-0.2, -0.15) is 5.10 Å². The number of halogens is 1. The Morgan fingerprint density at radius 1 is 0.957 bits per heavy atom. The number of hydrogen-bond donors (Lipinski definition) is 0. The van der Waals surface area contributed by atoms with Crippen LogP contribution in [0.2, 0.25) is 0 Å². The zero-order chi connectivity index (χ0) is 15.6. The minimum atomic E-state index is -0.342. The Morgan fingerprint density at radius 2 is 1.91 bits per heavy atom. The fraction of sp³-hybridized carbons (Fsp3) is 0.0588. The van der Waals surface area contributed by atoms with Crippen molar-refractivity contribution in [1.82, 2.24) is 24.6 Å². The van der Waals surface area contributed by atoms with Gasteiger partial charge in [-0.1, -0.05) is 0 Å². The van der Waals surface area contributed by atoms with E-state index in [2.05, 4.69) is 20.1 Å². The molecule has 0 fully saturated rings. The number of rotatable bonds is 3. The summed E-state index contributed by atoms with van der Waals surface area (Å²) >= 11 is 0. The van der Waals surface area contributed by atoms with Crippen LogP contribution in [0.3, 0.4) is 0 Å². The maximum absolute atomic E-state index is 13.0. The Bertz CT molecular complexity index is 948. The fourth-order valence-corrected chi connectivity index (χ4v) is 2.50. The predicted molar refractivity (Wildman–Crippen MR) is 83.2 cm³/mol. The van der Waals surface area contributed by atoms with E-state index < -0.39 is 0 Å². The van der Waals surface area contributed by atoms with Crippen LogP contribution < -0.4 is 0 Å². The molecule has 0 unspecified atom stereocenters. The van der Waals surface area contributed by atoms with E-state index in [-0.39, 0.29) is 5.82 Å². The normalized spacial score (nSPS) is 11.0. The molecular weight excluding hydrogens is 293 g/mol. The molecule has 0 saturated carbocycles. The van der Waals surface area contributed by atoms with Crippen LogP contribution in [-0.4, -0.2) is 24.6 Å². The van der Waals surface area contributed by atoms with Gasteiger partial charge >= 0.3 is 0 Å². The Balaban J connectivity index is 1.77. The summed E-state index contributed by atoms with van der Waals surface area (Å²) < 4.78 is 14.7. The second kappa shape index (κ2) is 5.57. The van der Waals surface area contributed by atoms with E-state index in [1.165, 1.54) is 12.3 Å². The van der Waals surface area contributed by atoms with Crippen molar-refractivity contribution in [2.75, 3.05) is 0 Å². The highest BCUT2D eigenvalue weighted by atomic mass is 19.1. The van der Waals surface area contributed by atoms with Gasteiger partial charge in [0.2, 0.25) is 0 Å². The van der Waals surface area contributed by atoms with Gasteiger partial charge in [0.25, 0.3) is 0 Å². The molecule has 112 valence electrons. The van der Waals surface area contributed by atoms with Gasteiger partial charge in [-0.15, -0.1) is 0 Å². The van der Waals surface area contributed by atoms with Crippen LogP contribution in [0.5, 0.6) is 0 Å². The molecule has 0 N–H and O–H groups in total. The Kier molecular flexibility index (Phi) is 3.27. The maximum Gasteiger partial charge on any atom is 0.159 e. The lowest BCUT2D eigenvalue weighted by Gasteiger charge is -2.04. The van der Waals surface area contributed by atoms with Crippen LogP contribution in [0, 0.1) is 5.82 Å². The molecular formula is C17H12FN5. The molecule has 0 aliphatic heterocycles. The van der Waals surface area contributed by atoms with Crippen LogP contribution in [0.4, 0.5) is 4.39 Å². The largest absolute Gasteiger partial charge is 0.264 e.